The van der Waals surface area contributed by atoms with E-state index in [-0.39, 0.29) is 44.1 Å². The van der Waals surface area contributed by atoms with Gasteiger partial charge in [0.2, 0.25) is 53.4 Å². The lowest BCUT2D eigenvalue weighted by Crippen LogP contribution is -2.66. The van der Waals surface area contributed by atoms with E-state index < -0.39 is 297 Å². The lowest BCUT2D eigenvalue weighted by Gasteiger charge is -2.48. The highest BCUT2D eigenvalue weighted by Crippen LogP contribution is 2.50. The molecule has 37 nitrogen and oxygen atoms in total. The Balaban J connectivity index is 0.0000169. The summed E-state index contributed by atoms with van der Waals surface area (Å²) in [6, 6.07) is -1.38. The van der Waals surface area contributed by atoms with Gasteiger partial charge in [-0.2, -0.15) is 13.2 Å². The lowest BCUT2D eigenvalue weighted by atomic mass is 9.85. The van der Waals surface area contributed by atoms with Crippen LogP contribution in [0, 0.1) is 11.8 Å². The van der Waals surface area contributed by atoms with Crippen LogP contribution in [0.1, 0.15) is 119 Å². The summed E-state index contributed by atoms with van der Waals surface area (Å²) >= 11 is 14.3. The highest BCUT2D eigenvalue weighted by atomic mass is 35.5. The summed E-state index contributed by atoms with van der Waals surface area (Å²) in [5, 5.41) is 113. The Morgan fingerprint density at radius 3 is 1.89 bits per heavy atom. The summed E-state index contributed by atoms with van der Waals surface area (Å²) in [5.74, 6) is -22.4. The predicted molar refractivity (Wildman–Crippen MR) is 418 cm³/mol. The largest absolute Gasteiger partial charge is 0.508 e. The molecule has 0 aromatic heterocycles. The van der Waals surface area contributed by atoms with Crippen molar-refractivity contribution >= 4 is 88.5 Å². The zero-order chi connectivity index (χ0) is 88.5. The molecule has 7 aliphatic heterocycles. The van der Waals surface area contributed by atoms with Crippen LogP contribution in [-0.4, -0.2) is 212 Å². The maximum absolute atomic E-state index is 16.3. The van der Waals surface area contributed by atoms with Gasteiger partial charge in [-0.05, 0) is 103 Å². The van der Waals surface area contributed by atoms with E-state index in [9.17, 15) is 82.8 Å². The van der Waals surface area contributed by atoms with Crippen LogP contribution in [-0.2, 0) is 76.4 Å². The van der Waals surface area contributed by atoms with Crippen molar-refractivity contribution in [3.63, 3.8) is 0 Å². The summed E-state index contributed by atoms with van der Waals surface area (Å²) < 4.78 is 96.1. The fourth-order valence-electron chi connectivity index (χ4n) is 14.0. The molecule has 0 spiro atoms. The number of nitrogens with two attached hydrogens (primary N) is 1. The number of aliphatic hydroxyl groups is 5. The number of ether oxygens (including phenoxy) is 9. The molecule has 10 unspecified atom stereocenters. The van der Waals surface area contributed by atoms with Crippen molar-refractivity contribution < 1.29 is 149 Å². The number of carbonyl (C=O) groups excluding carboxylic acids is 11. The molecule has 2 saturated heterocycles. The standard InChI is InChI=1S/C79H86Cl2F3N9O28.CH4/c1-8-17-113-53(98)26-38(20-32(4)5)68(104)91-59-61(99)35-12-15-47(42(80)22-35)117-49-24-37-25-50(65(49)121-75-66(64(102)63(101)51(119-75)31-86-76(111)79(82,83)84)120-54-30-78(7,67(103)33(6)116-54)93-77(112)115-19-10-3)118-48-16-13-36(23-43(48)81)62(100)60-73(109)90-58(74(110)114-18-9-2)41-27-39(94)28-46(96)55(41)40-21-34(11-14-45(40)95)56(70(106)92-60)89-71(107)57(37)88-69(105)44(29-52(85)97)87-72(59)108;/h8-16,21-25,27-28,32-33,38,44,51,54,56-64,66-67,75,94-96,99-103H,1-3,17-20,26,29-31H2,4-7H3,(H2,85,97)(H,86,111)(H,87,108)(H,88,105)(H,89,107)(H,90,109)(H,91,104)(H,92,106)(H,93,112);1H4/t33?,38-,44+,51?,54?,56?,57-,58-,59-,60+,61-,62-,63?,64?,66?,67?,75?,78?;/m1./s1. The van der Waals surface area contributed by atoms with Gasteiger partial charge in [-0.1, -0.05) is 101 Å². The summed E-state index contributed by atoms with van der Waals surface area (Å²) in [6.45, 7) is 14.2. The highest BCUT2D eigenvalue weighted by Gasteiger charge is 2.54. The Bertz CT molecular complexity index is 4870. The topological polar surface area (TPSA) is 555 Å². The zero-order valence-electron chi connectivity index (χ0n) is 64.6. The third kappa shape index (κ3) is 21.9. The number of carbonyl (C=O) groups is 11. The number of esters is 2. The second-order valence-corrected chi connectivity index (χ2v) is 30.1. The van der Waals surface area contributed by atoms with E-state index in [1.54, 1.807) is 19.2 Å². The Hall–Kier alpha value is -11.9. The number of alkyl carbamates (subject to hydrolysis) is 1. The van der Waals surface area contributed by atoms with E-state index in [1.807, 2.05) is 0 Å². The van der Waals surface area contributed by atoms with Crippen LogP contribution in [0.4, 0.5) is 18.0 Å². The highest BCUT2D eigenvalue weighted by molar-refractivity contribution is 6.32. The molecular weight excluding hydrogens is 1660 g/mol. The quantitative estimate of drug-likeness (QED) is 0.0262. The number of nitrogens with one attached hydrogen (secondary N) is 8. The molecule has 12 rings (SSSR count). The smallest absolute Gasteiger partial charge is 0.471 e. The fourth-order valence-corrected chi connectivity index (χ4v) is 14.4. The van der Waals surface area contributed by atoms with Crippen molar-refractivity contribution in [2.24, 2.45) is 17.6 Å². The van der Waals surface area contributed by atoms with E-state index >= 15 is 24.0 Å². The van der Waals surface area contributed by atoms with Gasteiger partial charge in [0.25, 0.3) is 0 Å². The van der Waals surface area contributed by atoms with Gasteiger partial charge in [0, 0.05) is 41.6 Å². The normalized spacial score (nSPS) is 26.1. The average Bonchev–Trinajstić information content (AvgIpc) is 0.762. The number of amides is 9. The van der Waals surface area contributed by atoms with Crippen LogP contribution in [0.25, 0.3) is 11.1 Å². The maximum Gasteiger partial charge on any atom is 0.471 e. The molecule has 11 bridgehead atoms. The van der Waals surface area contributed by atoms with Crippen molar-refractivity contribution in [2.75, 3.05) is 26.4 Å². The third-order valence-corrected chi connectivity index (χ3v) is 20.4. The van der Waals surface area contributed by atoms with E-state index in [0.29, 0.717) is 0 Å². The van der Waals surface area contributed by atoms with Crippen LogP contribution in [0.2, 0.25) is 10.0 Å². The van der Waals surface area contributed by atoms with Crippen LogP contribution in [0.3, 0.4) is 0 Å². The molecule has 42 heteroatoms. The van der Waals surface area contributed by atoms with Crippen molar-refractivity contribution in [1.82, 2.24) is 42.5 Å². The molecule has 0 radical (unpaired) electrons. The van der Waals surface area contributed by atoms with E-state index in [2.05, 4.69) is 57.0 Å². The van der Waals surface area contributed by atoms with Crippen LogP contribution >= 0.6 is 23.2 Å². The molecule has 122 heavy (non-hydrogen) atoms. The Kier molecular flexibility index (Phi) is 30.6. The number of aliphatic hydroxyl groups excluding tert-OH is 5. The third-order valence-electron chi connectivity index (χ3n) is 19.9. The summed E-state index contributed by atoms with van der Waals surface area (Å²) in [4.78, 5) is 159. The minimum atomic E-state index is -5.56. The van der Waals surface area contributed by atoms with Gasteiger partial charge in [-0.25, -0.2) is 9.59 Å². The van der Waals surface area contributed by atoms with Gasteiger partial charge in [-0.15, -0.1) is 0 Å². The molecule has 2 fully saturated rings. The van der Waals surface area contributed by atoms with Crippen LogP contribution in [0.15, 0.2) is 117 Å². The van der Waals surface area contributed by atoms with Gasteiger partial charge >= 0.3 is 30.1 Å². The number of phenols is 3. The molecule has 5 aromatic carbocycles. The van der Waals surface area contributed by atoms with Gasteiger partial charge in [0.05, 0.1) is 34.5 Å². The Morgan fingerprint density at radius 2 is 1.28 bits per heavy atom. The monoisotopic (exact) mass is 1750 g/mol. The number of fused-ring (bicyclic) bond motifs is 15. The molecule has 18 atom stereocenters. The average molecular weight is 1750 g/mol. The predicted octanol–water partition coefficient (Wildman–Crippen LogP) is 4.17. The molecule has 18 N–H and O–H groups in total. The fraction of sp³-hybridized carbons (Fsp3) is 0.412. The van der Waals surface area contributed by atoms with Gasteiger partial charge in [-0.3, -0.25) is 43.2 Å². The number of hydrogen-bond donors (Lipinski definition) is 17. The molecule has 5 aromatic rings. The summed E-state index contributed by atoms with van der Waals surface area (Å²) in [7, 11) is 0. The number of alkyl halides is 3. The van der Waals surface area contributed by atoms with Crippen molar-refractivity contribution in [2.45, 2.75) is 170 Å². The first-order valence-corrected chi connectivity index (χ1v) is 38.0. The Morgan fingerprint density at radius 1 is 0.689 bits per heavy atom. The lowest BCUT2D eigenvalue weighted by molar-refractivity contribution is -0.331. The molecule has 9 amide bonds. The zero-order valence-corrected chi connectivity index (χ0v) is 66.1. The molecule has 658 valence electrons. The first kappa shape index (κ1) is 94.0. The second-order valence-electron chi connectivity index (χ2n) is 29.3. The van der Waals surface area contributed by atoms with E-state index in [0.717, 1.165) is 84.9 Å². The van der Waals surface area contributed by atoms with Crippen LogP contribution < -0.4 is 62.5 Å². The number of rotatable bonds is 22. The van der Waals surface area contributed by atoms with Crippen molar-refractivity contribution in [3.05, 3.63) is 155 Å². The van der Waals surface area contributed by atoms with Gasteiger partial charge in [0.1, 0.15) is 115 Å². The number of primary amides is 1. The molecular formula is C80H90Cl2F3N9O28. The molecule has 7 heterocycles. The summed E-state index contributed by atoms with van der Waals surface area (Å²) in [5.41, 5.74) is 0.703. The number of aromatic hydroxyl groups is 3. The van der Waals surface area contributed by atoms with Gasteiger partial charge in [0.15, 0.2) is 29.9 Å². The number of halogens is 5. The number of benzene rings is 5. The van der Waals surface area contributed by atoms with E-state index in [1.165, 1.54) is 26.0 Å². The minimum Gasteiger partial charge on any atom is -0.508 e. The number of hydrogen-bond acceptors (Lipinski definition) is 28. The van der Waals surface area contributed by atoms with E-state index in [4.69, 9.17) is 71.6 Å². The van der Waals surface area contributed by atoms with Crippen molar-refractivity contribution in [3.8, 4) is 57.1 Å². The second kappa shape index (κ2) is 39.8. The molecule has 7 aliphatic rings. The molecule has 0 saturated carbocycles. The number of phenolic OH excluding ortho intramolecular Hbond substituents is 3. The maximum atomic E-state index is 16.3. The van der Waals surface area contributed by atoms with Crippen molar-refractivity contribution in [1.29, 1.82) is 0 Å². The molecule has 0 aliphatic carbocycles. The Labute approximate surface area is 703 Å². The summed E-state index contributed by atoms with van der Waals surface area (Å²) in [6.07, 6.45) is -26.3. The SMILES string of the molecule is C.C=CCOC(=O)C[C@@H](CC(C)C)C(=O)N[C@H]1C(=O)N[C@@H](CC(N)=O)C(=O)N[C@H]2C(=O)NC3C(=O)N[C@H](C(=O)N[C@@H](C(=O)OCC=C)c4cc(O)cc(O)c4-c4cc3ccc4O)[C@H](O)c3ccc(c(Cl)c3)Oc3cc2cc(c3OC2OC(CNC(=O)C(F)(F)F)C(O)C(O)C2OC2CC(C)(NC(=O)OCC=C)C(O)C(C)O2)Oc2ccc(cc2Cl)[C@H]1O. The van der Waals surface area contributed by atoms with Gasteiger partial charge < -0.3 is 132 Å². The van der Waals surface area contributed by atoms with Crippen LogP contribution in [0.5, 0.6) is 46.0 Å². The minimum absolute atomic E-state index is 0. The first-order valence-electron chi connectivity index (χ1n) is 37.2. The first-order chi connectivity index (χ1) is 57.1.